The van der Waals surface area contributed by atoms with Gasteiger partial charge in [-0.2, -0.15) is 0 Å². The predicted molar refractivity (Wildman–Crippen MR) is 147 cm³/mol. The van der Waals surface area contributed by atoms with Crippen molar-refractivity contribution in [3.8, 4) is 17.0 Å². The number of aromatic nitrogens is 1. The van der Waals surface area contributed by atoms with Gasteiger partial charge in [-0.15, -0.1) is 0 Å². The summed E-state index contributed by atoms with van der Waals surface area (Å²) in [6, 6.07) is 18.5. The number of amides is 2. The summed E-state index contributed by atoms with van der Waals surface area (Å²) in [7, 11) is 3.74. The summed E-state index contributed by atoms with van der Waals surface area (Å²) in [5, 5.41) is 3.32. The van der Waals surface area contributed by atoms with Crippen molar-refractivity contribution in [2.75, 3.05) is 45.2 Å². The van der Waals surface area contributed by atoms with Crippen molar-refractivity contribution in [2.24, 2.45) is 0 Å². The maximum absolute atomic E-state index is 12.8. The fourth-order valence-corrected chi connectivity index (χ4v) is 5.39. The number of carbonyl (C=O) groups excluding carboxylic acids is 2. The van der Waals surface area contributed by atoms with E-state index in [2.05, 4.69) is 42.3 Å². The highest BCUT2D eigenvalue weighted by Gasteiger charge is 2.26. The molecule has 2 aliphatic rings. The van der Waals surface area contributed by atoms with E-state index in [-0.39, 0.29) is 11.8 Å². The van der Waals surface area contributed by atoms with E-state index < -0.39 is 0 Å². The molecule has 0 spiro atoms. The molecule has 6 rings (SSSR count). The third-order valence-electron chi connectivity index (χ3n) is 7.44. The highest BCUT2D eigenvalue weighted by atomic mass is 16.5. The van der Waals surface area contributed by atoms with Crippen LogP contribution in [0.2, 0.25) is 0 Å². The minimum atomic E-state index is -0.0396. The molecule has 0 unspecified atom stereocenters. The van der Waals surface area contributed by atoms with Gasteiger partial charge in [0.2, 0.25) is 11.8 Å². The number of carbonyl (C=O) groups is 2. The van der Waals surface area contributed by atoms with Crippen molar-refractivity contribution in [3.63, 3.8) is 0 Å². The Labute approximate surface area is 215 Å². The molecule has 4 aromatic rings. The first-order valence-electron chi connectivity index (χ1n) is 12.5. The van der Waals surface area contributed by atoms with Crippen molar-refractivity contribution >= 4 is 50.9 Å². The van der Waals surface area contributed by atoms with Crippen LogP contribution in [-0.4, -0.2) is 66.9 Å². The first-order valence-corrected chi connectivity index (χ1v) is 12.5. The summed E-state index contributed by atoms with van der Waals surface area (Å²) in [6.45, 7) is 3.83. The highest BCUT2D eigenvalue weighted by Crippen LogP contribution is 2.49. The van der Waals surface area contributed by atoms with Gasteiger partial charge in [0.05, 0.1) is 29.7 Å². The first-order chi connectivity index (χ1) is 17.9. The highest BCUT2D eigenvalue weighted by molar-refractivity contribution is 6.19. The van der Waals surface area contributed by atoms with Gasteiger partial charge in [-0.05, 0) is 35.2 Å². The van der Waals surface area contributed by atoms with Crippen LogP contribution in [0.4, 0.5) is 11.4 Å². The molecule has 37 heavy (non-hydrogen) atoms. The van der Waals surface area contributed by atoms with Gasteiger partial charge in [0.15, 0.2) is 0 Å². The number of hydrogen-bond donors (Lipinski definition) is 0. The van der Waals surface area contributed by atoms with Crippen molar-refractivity contribution in [3.05, 3.63) is 66.2 Å². The lowest BCUT2D eigenvalue weighted by molar-refractivity contribution is -0.135. The van der Waals surface area contributed by atoms with E-state index in [1.54, 1.807) is 29.9 Å². The predicted octanol–water partition coefficient (Wildman–Crippen LogP) is 4.85. The normalized spacial score (nSPS) is 14.9. The van der Waals surface area contributed by atoms with Crippen LogP contribution >= 0.6 is 0 Å². The van der Waals surface area contributed by atoms with E-state index >= 15 is 0 Å². The van der Waals surface area contributed by atoms with Crippen LogP contribution < -0.4 is 9.64 Å². The number of piperazine rings is 1. The molecule has 0 atom stereocenters. The van der Waals surface area contributed by atoms with E-state index in [1.807, 2.05) is 30.3 Å². The molecule has 1 aromatic heterocycles. The minimum absolute atomic E-state index is 0.0396. The smallest absolute Gasteiger partial charge is 0.246 e. The molecule has 0 aliphatic carbocycles. The molecule has 0 bridgehead atoms. The van der Waals surface area contributed by atoms with Crippen molar-refractivity contribution < 1.29 is 14.3 Å². The Hall–Kier alpha value is -4.39. The Kier molecular flexibility index (Phi) is 5.56. The summed E-state index contributed by atoms with van der Waals surface area (Å²) in [5.74, 6) is 0.812. The number of anilines is 2. The topological polar surface area (TPSA) is 66.0 Å². The number of hydrogen-bond acceptors (Lipinski definition) is 5. The molecular weight excluding hydrogens is 464 g/mol. The molecule has 186 valence electrons. The Bertz CT molecular complexity index is 1600. The molecule has 2 amide bonds. The van der Waals surface area contributed by atoms with Gasteiger partial charge < -0.3 is 19.4 Å². The largest absolute Gasteiger partial charge is 0.497 e. The van der Waals surface area contributed by atoms with Crippen molar-refractivity contribution in [1.29, 1.82) is 0 Å². The zero-order valence-corrected chi connectivity index (χ0v) is 21.2. The van der Waals surface area contributed by atoms with E-state index in [9.17, 15) is 9.59 Å². The standard InChI is InChI=1S/C30H28N4O3/c1-19(35)33-12-14-34(15-13-33)28(36)11-9-20-8-10-23-26(16-20)32(2)27-18-21(37-3)17-24-22-6-4-5-7-25(22)31-30(23)29(24)27/h4-11,16-18H,12-15H2,1-3H3/b11-9+. The summed E-state index contributed by atoms with van der Waals surface area (Å²) in [4.78, 5) is 35.2. The van der Waals surface area contributed by atoms with Gasteiger partial charge in [-0.1, -0.05) is 30.3 Å². The van der Waals surface area contributed by atoms with Crippen LogP contribution in [0.5, 0.6) is 5.75 Å². The molecule has 0 N–H and O–H groups in total. The molecule has 7 nitrogen and oxygen atoms in total. The van der Waals surface area contributed by atoms with Gasteiger partial charge in [-0.3, -0.25) is 9.59 Å². The quantitative estimate of drug-likeness (QED) is 0.302. The molecule has 2 aliphatic heterocycles. The van der Waals surface area contributed by atoms with E-state index in [4.69, 9.17) is 9.72 Å². The van der Waals surface area contributed by atoms with Crippen LogP contribution in [0.1, 0.15) is 12.5 Å². The molecule has 1 saturated heterocycles. The summed E-state index contributed by atoms with van der Waals surface area (Å²) in [5.41, 5.74) is 5.95. The second-order valence-corrected chi connectivity index (χ2v) is 9.55. The maximum Gasteiger partial charge on any atom is 0.246 e. The molecule has 0 radical (unpaired) electrons. The molecule has 1 fully saturated rings. The number of para-hydroxylation sites is 1. The van der Waals surface area contributed by atoms with Gasteiger partial charge in [0.25, 0.3) is 0 Å². The van der Waals surface area contributed by atoms with Crippen LogP contribution in [0.25, 0.3) is 39.0 Å². The van der Waals surface area contributed by atoms with E-state index in [0.29, 0.717) is 26.2 Å². The van der Waals surface area contributed by atoms with Gasteiger partial charge in [-0.25, -0.2) is 4.98 Å². The molecule has 3 aromatic carbocycles. The van der Waals surface area contributed by atoms with Crippen LogP contribution in [0, 0.1) is 0 Å². The Balaban J connectivity index is 1.37. The summed E-state index contributed by atoms with van der Waals surface area (Å²) >= 11 is 0. The third-order valence-corrected chi connectivity index (χ3v) is 7.44. The number of ether oxygens (including phenoxy) is 1. The fraction of sp³-hybridized carbons (Fsp3) is 0.233. The molecular formula is C30H28N4O3. The number of benzene rings is 3. The van der Waals surface area contributed by atoms with Gasteiger partial charge in [0, 0.05) is 68.6 Å². The average molecular weight is 493 g/mol. The summed E-state index contributed by atoms with van der Waals surface area (Å²) in [6.07, 6.45) is 3.48. The molecule has 7 heteroatoms. The third kappa shape index (κ3) is 3.87. The first kappa shape index (κ1) is 23.0. The number of nitrogens with zero attached hydrogens (tertiary/aromatic N) is 4. The lowest BCUT2D eigenvalue weighted by Gasteiger charge is -2.33. The van der Waals surface area contributed by atoms with Crippen LogP contribution in [0.15, 0.2) is 60.7 Å². The van der Waals surface area contributed by atoms with E-state index in [1.165, 1.54) is 0 Å². The lowest BCUT2D eigenvalue weighted by atomic mass is 9.92. The SMILES string of the molecule is COc1cc2c3c(nc4ccccc4c3c1)-c1ccc(/C=C/C(=O)N3CCN(C(C)=O)CC3)cc1N2C. The van der Waals surface area contributed by atoms with Crippen LogP contribution in [0.3, 0.4) is 0 Å². The molecule has 0 saturated carbocycles. The monoisotopic (exact) mass is 492 g/mol. The zero-order valence-electron chi connectivity index (χ0n) is 21.2. The van der Waals surface area contributed by atoms with Crippen LogP contribution in [-0.2, 0) is 9.59 Å². The minimum Gasteiger partial charge on any atom is -0.497 e. The second kappa shape index (κ2) is 8.92. The van der Waals surface area contributed by atoms with Gasteiger partial charge >= 0.3 is 0 Å². The Morgan fingerprint density at radius 2 is 1.68 bits per heavy atom. The zero-order chi connectivity index (χ0) is 25.7. The number of pyridine rings is 1. The van der Waals surface area contributed by atoms with Crippen molar-refractivity contribution in [1.82, 2.24) is 14.8 Å². The number of fused-ring (bicyclic) bond motifs is 4. The summed E-state index contributed by atoms with van der Waals surface area (Å²) < 4.78 is 5.66. The van der Waals surface area contributed by atoms with Gasteiger partial charge in [0.1, 0.15) is 5.75 Å². The Morgan fingerprint density at radius 3 is 2.43 bits per heavy atom. The second-order valence-electron chi connectivity index (χ2n) is 9.55. The maximum atomic E-state index is 12.8. The Morgan fingerprint density at radius 1 is 0.919 bits per heavy atom. The molecule has 3 heterocycles. The average Bonchev–Trinajstić information content (AvgIpc) is 2.94. The lowest BCUT2D eigenvalue weighted by Crippen LogP contribution is -2.49. The number of rotatable bonds is 3. The number of methoxy groups -OCH3 is 1. The van der Waals surface area contributed by atoms with Crippen molar-refractivity contribution in [2.45, 2.75) is 6.92 Å². The van der Waals surface area contributed by atoms with E-state index in [0.717, 1.165) is 55.6 Å². The fourth-order valence-electron chi connectivity index (χ4n) is 5.39.